The van der Waals surface area contributed by atoms with Gasteiger partial charge in [-0.3, -0.25) is 4.79 Å². The van der Waals surface area contributed by atoms with Crippen molar-refractivity contribution in [3.05, 3.63) is 52.4 Å². The molecule has 1 heterocycles. The lowest BCUT2D eigenvalue weighted by atomic mass is 9.86. The molecule has 0 aliphatic carbocycles. The van der Waals surface area contributed by atoms with Gasteiger partial charge in [-0.15, -0.1) is 0 Å². The van der Waals surface area contributed by atoms with E-state index in [1.165, 1.54) is 11.1 Å². The summed E-state index contributed by atoms with van der Waals surface area (Å²) in [7, 11) is 0. The Balaban J connectivity index is 1.83. The zero-order valence-electron chi connectivity index (χ0n) is 14.7. The van der Waals surface area contributed by atoms with E-state index in [1.807, 2.05) is 13.8 Å². The molecular formula is C19H26N2O2. The third-order valence-electron chi connectivity index (χ3n) is 4.10. The van der Waals surface area contributed by atoms with Crippen molar-refractivity contribution in [2.45, 2.75) is 59.4 Å². The van der Waals surface area contributed by atoms with E-state index in [2.05, 4.69) is 55.5 Å². The Morgan fingerprint density at radius 1 is 1.17 bits per heavy atom. The van der Waals surface area contributed by atoms with Gasteiger partial charge >= 0.3 is 0 Å². The number of hydrogen-bond donors (Lipinski definition) is 1. The first-order valence-corrected chi connectivity index (χ1v) is 8.05. The number of carbonyl (C=O) groups excluding carboxylic acids is 1. The lowest BCUT2D eigenvalue weighted by Crippen LogP contribution is -2.23. The lowest BCUT2D eigenvalue weighted by Gasteiger charge is -2.19. The first-order valence-electron chi connectivity index (χ1n) is 8.05. The second-order valence-corrected chi connectivity index (χ2v) is 7.03. The van der Waals surface area contributed by atoms with Crippen molar-refractivity contribution >= 4 is 5.91 Å². The number of carbonyl (C=O) groups is 1. The molecule has 2 aromatic rings. The van der Waals surface area contributed by atoms with Gasteiger partial charge in [0, 0.05) is 18.5 Å². The van der Waals surface area contributed by atoms with Gasteiger partial charge in [0.1, 0.15) is 5.76 Å². The maximum Gasteiger partial charge on any atom is 0.220 e. The van der Waals surface area contributed by atoms with E-state index in [-0.39, 0.29) is 11.3 Å². The Kier molecular flexibility index (Phi) is 5.24. The first-order chi connectivity index (χ1) is 10.8. The number of aryl methyl sites for hydroxylation is 3. The molecule has 23 heavy (non-hydrogen) atoms. The molecule has 0 bridgehead atoms. The second-order valence-electron chi connectivity index (χ2n) is 7.03. The van der Waals surface area contributed by atoms with Crippen LogP contribution >= 0.6 is 0 Å². The largest absolute Gasteiger partial charge is 0.361 e. The van der Waals surface area contributed by atoms with Gasteiger partial charge in [-0.05, 0) is 36.8 Å². The molecule has 0 atom stereocenters. The van der Waals surface area contributed by atoms with Crippen LogP contribution in [0, 0.1) is 13.8 Å². The number of nitrogens with zero attached hydrogens (tertiary/aromatic N) is 1. The van der Waals surface area contributed by atoms with Gasteiger partial charge in [0.2, 0.25) is 5.91 Å². The summed E-state index contributed by atoms with van der Waals surface area (Å²) < 4.78 is 5.09. The van der Waals surface area contributed by atoms with E-state index in [0.29, 0.717) is 13.0 Å². The summed E-state index contributed by atoms with van der Waals surface area (Å²) in [6.07, 6.45) is 1.23. The van der Waals surface area contributed by atoms with Gasteiger partial charge in [-0.1, -0.05) is 50.2 Å². The predicted molar refractivity (Wildman–Crippen MR) is 91.3 cm³/mol. The van der Waals surface area contributed by atoms with Crippen LogP contribution in [0.2, 0.25) is 0 Å². The Morgan fingerprint density at radius 3 is 2.35 bits per heavy atom. The molecule has 0 spiro atoms. The minimum absolute atomic E-state index is 0.0462. The van der Waals surface area contributed by atoms with Crippen LogP contribution in [0.3, 0.4) is 0 Å². The van der Waals surface area contributed by atoms with E-state index < -0.39 is 0 Å². The molecule has 1 N–H and O–H groups in total. The van der Waals surface area contributed by atoms with Crippen molar-refractivity contribution in [2.24, 2.45) is 0 Å². The molecule has 0 aliphatic heterocycles. The van der Waals surface area contributed by atoms with Crippen LogP contribution in [0.5, 0.6) is 0 Å². The molecule has 1 aromatic heterocycles. The van der Waals surface area contributed by atoms with Gasteiger partial charge < -0.3 is 9.84 Å². The quantitative estimate of drug-likeness (QED) is 0.912. The van der Waals surface area contributed by atoms with Crippen LogP contribution < -0.4 is 5.32 Å². The van der Waals surface area contributed by atoms with Gasteiger partial charge in [-0.25, -0.2) is 0 Å². The smallest absolute Gasteiger partial charge is 0.220 e. The van der Waals surface area contributed by atoms with Crippen LogP contribution in [0.25, 0.3) is 0 Å². The van der Waals surface area contributed by atoms with Crippen LogP contribution in [0.4, 0.5) is 0 Å². The van der Waals surface area contributed by atoms with E-state index >= 15 is 0 Å². The number of aromatic nitrogens is 1. The summed E-state index contributed by atoms with van der Waals surface area (Å²) in [5, 5.41) is 6.82. The van der Waals surface area contributed by atoms with Crippen molar-refractivity contribution < 1.29 is 9.32 Å². The summed E-state index contributed by atoms with van der Waals surface area (Å²) >= 11 is 0. The normalized spacial score (nSPS) is 11.5. The topological polar surface area (TPSA) is 55.1 Å². The highest BCUT2D eigenvalue weighted by molar-refractivity contribution is 5.76. The molecule has 2 rings (SSSR count). The van der Waals surface area contributed by atoms with Gasteiger partial charge in [0.15, 0.2) is 0 Å². The summed E-state index contributed by atoms with van der Waals surface area (Å²) in [5.41, 5.74) is 4.45. The highest BCUT2D eigenvalue weighted by atomic mass is 16.5. The monoisotopic (exact) mass is 314 g/mol. The predicted octanol–water partition coefficient (Wildman–Crippen LogP) is 3.84. The molecule has 0 fully saturated rings. The fourth-order valence-electron chi connectivity index (χ4n) is 2.46. The molecule has 0 saturated carbocycles. The van der Waals surface area contributed by atoms with Crippen LogP contribution in [-0.4, -0.2) is 11.1 Å². The standard InChI is InChI=1S/C19H26N2O2/c1-13-17(14(2)23-21-13)12-20-18(22)11-8-15-6-9-16(10-7-15)19(3,4)5/h6-7,9-10H,8,11-12H2,1-5H3,(H,20,22). The Morgan fingerprint density at radius 2 is 1.83 bits per heavy atom. The van der Waals surface area contributed by atoms with E-state index in [1.54, 1.807) is 0 Å². The summed E-state index contributed by atoms with van der Waals surface area (Å²) in [6.45, 7) is 10.8. The average molecular weight is 314 g/mol. The molecule has 0 saturated heterocycles. The molecule has 0 radical (unpaired) electrons. The molecule has 4 heteroatoms. The fourth-order valence-corrected chi connectivity index (χ4v) is 2.46. The minimum Gasteiger partial charge on any atom is -0.361 e. The van der Waals surface area contributed by atoms with Crippen LogP contribution in [-0.2, 0) is 23.2 Å². The number of benzene rings is 1. The summed E-state index contributed by atoms with van der Waals surface area (Å²) in [6, 6.07) is 8.53. The molecule has 1 amide bonds. The second kappa shape index (κ2) is 6.99. The van der Waals surface area contributed by atoms with Crippen LogP contribution in [0.15, 0.2) is 28.8 Å². The molecule has 0 unspecified atom stereocenters. The van der Waals surface area contributed by atoms with Gasteiger partial charge in [0.05, 0.1) is 5.69 Å². The minimum atomic E-state index is 0.0462. The Bertz CT molecular complexity index is 644. The van der Waals surface area contributed by atoms with Crippen molar-refractivity contribution in [1.29, 1.82) is 0 Å². The summed E-state index contributed by atoms with van der Waals surface area (Å²) in [5.74, 6) is 0.811. The molecule has 4 nitrogen and oxygen atoms in total. The maximum absolute atomic E-state index is 12.0. The Labute approximate surface area is 138 Å². The van der Waals surface area contributed by atoms with E-state index in [4.69, 9.17) is 4.52 Å². The highest BCUT2D eigenvalue weighted by Gasteiger charge is 2.13. The molecular weight excluding hydrogens is 288 g/mol. The number of amides is 1. The number of hydrogen-bond acceptors (Lipinski definition) is 3. The number of nitrogens with one attached hydrogen (secondary N) is 1. The van der Waals surface area contributed by atoms with E-state index in [9.17, 15) is 4.79 Å². The van der Waals surface area contributed by atoms with Crippen LogP contribution in [0.1, 0.15) is 55.3 Å². The fraction of sp³-hybridized carbons (Fsp3) is 0.474. The molecule has 124 valence electrons. The lowest BCUT2D eigenvalue weighted by molar-refractivity contribution is -0.121. The maximum atomic E-state index is 12.0. The first kappa shape index (κ1) is 17.3. The van der Waals surface area contributed by atoms with Crippen molar-refractivity contribution in [2.75, 3.05) is 0 Å². The van der Waals surface area contributed by atoms with E-state index in [0.717, 1.165) is 23.4 Å². The third-order valence-corrected chi connectivity index (χ3v) is 4.10. The van der Waals surface area contributed by atoms with Gasteiger partial charge in [-0.2, -0.15) is 0 Å². The molecule has 0 aliphatic rings. The zero-order valence-corrected chi connectivity index (χ0v) is 14.7. The average Bonchev–Trinajstić information content (AvgIpc) is 2.81. The summed E-state index contributed by atoms with van der Waals surface area (Å²) in [4.78, 5) is 12.0. The highest BCUT2D eigenvalue weighted by Crippen LogP contribution is 2.22. The zero-order chi connectivity index (χ0) is 17.0. The SMILES string of the molecule is Cc1noc(C)c1CNC(=O)CCc1ccc(C(C)(C)C)cc1. The Hall–Kier alpha value is -2.10. The number of rotatable bonds is 5. The third kappa shape index (κ3) is 4.68. The van der Waals surface area contributed by atoms with Gasteiger partial charge in [0.25, 0.3) is 0 Å². The molecule has 1 aromatic carbocycles. The van der Waals surface area contributed by atoms with Crippen molar-refractivity contribution in [3.63, 3.8) is 0 Å². The van der Waals surface area contributed by atoms with Crippen molar-refractivity contribution in [1.82, 2.24) is 10.5 Å². The van der Waals surface area contributed by atoms with Crippen molar-refractivity contribution in [3.8, 4) is 0 Å².